The van der Waals surface area contributed by atoms with Crippen LogP contribution in [0.25, 0.3) is 17.1 Å². The van der Waals surface area contributed by atoms with Gasteiger partial charge in [-0.3, -0.25) is 0 Å². The van der Waals surface area contributed by atoms with Crippen LogP contribution in [0, 0.1) is 11.6 Å². The Bertz CT molecular complexity index is 1050. The molecule has 1 saturated heterocycles. The molecule has 1 aliphatic heterocycles. The zero-order chi connectivity index (χ0) is 19.0. The monoisotopic (exact) mass is 406 g/mol. The Balaban J connectivity index is 1.54. The van der Waals surface area contributed by atoms with Crippen molar-refractivity contribution in [3.63, 3.8) is 0 Å². The van der Waals surface area contributed by atoms with Gasteiger partial charge in [0.1, 0.15) is 22.3 Å². The molecule has 0 saturated carbocycles. The Labute approximate surface area is 164 Å². The standard InChI is InChI=1S/C19H14Cl2F2N4/c20-17-9-15-16(10-24-17)25-18(21)19(26-15)27-5-3-11(4-6-27)7-12-1-2-13(22)8-14(12)23/h1-2,7-10H,3-6H2. The van der Waals surface area contributed by atoms with E-state index in [0.29, 0.717) is 45.8 Å². The van der Waals surface area contributed by atoms with Crippen LogP contribution in [0.1, 0.15) is 18.4 Å². The van der Waals surface area contributed by atoms with Gasteiger partial charge >= 0.3 is 0 Å². The summed E-state index contributed by atoms with van der Waals surface area (Å²) in [5.41, 5.74) is 2.70. The second-order valence-corrected chi connectivity index (χ2v) is 7.03. The van der Waals surface area contributed by atoms with Gasteiger partial charge in [-0.25, -0.2) is 23.7 Å². The number of piperidine rings is 1. The van der Waals surface area contributed by atoms with Crippen LogP contribution in [-0.4, -0.2) is 28.0 Å². The summed E-state index contributed by atoms with van der Waals surface area (Å²) in [5, 5.41) is 0.652. The molecule has 1 aliphatic rings. The van der Waals surface area contributed by atoms with Gasteiger partial charge in [-0.2, -0.15) is 0 Å². The van der Waals surface area contributed by atoms with Crippen molar-refractivity contribution in [2.45, 2.75) is 12.8 Å². The first-order valence-electron chi connectivity index (χ1n) is 8.38. The summed E-state index contributed by atoms with van der Waals surface area (Å²) in [6.07, 6.45) is 4.77. The van der Waals surface area contributed by atoms with Crippen LogP contribution in [0.3, 0.4) is 0 Å². The van der Waals surface area contributed by atoms with Gasteiger partial charge < -0.3 is 4.90 Å². The summed E-state index contributed by atoms with van der Waals surface area (Å²) >= 11 is 12.2. The highest BCUT2D eigenvalue weighted by molar-refractivity contribution is 6.32. The summed E-state index contributed by atoms with van der Waals surface area (Å²) in [6, 6.07) is 5.25. The number of halogens is 4. The smallest absolute Gasteiger partial charge is 0.172 e. The molecular weight excluding hydrogens is 393 g/mol. The summed E-state index contributed by atoms with van der Waals surface area (Å²) in [6.45, 7) is 1.35. The zero-order valence-electron chi connectivity index (χ0n) is 14.1. The summed E-state index contributed by atoms with van der Waals surface area (Å²) < 4.78 is 26.9. The molecule has 8 heteroatoms. The fourth-order valence-electron chi connectivity index (χ4n) is 3.09. The molecule has 0 atom stereocenters. The van der Waals surface area contributed by atoms with Crippen LogP contribution in [-0.2, 0) is 0 Å². The molecule has 0 aliphatic carbocycles. The third kappa shape index (κ3) is 3.87. The predicted octanol–water partition coefficient (Wildman–Crippen LogP) is 5.29. The Morgan fingerprint density at radius 1 is 1.00 bits per heavy atom. The molecule has 3 heterocycles. The maximum absolute atomic E-state index is 13.8. The molecule has 1 fully saturated rings. The number of fused-ring (bicyclic) bond motifs is 1. The van der Waals surface area contributed by atoms with Gasteiger partial charge in [-0.15, -0.1) is 0 Å². The van der Waals surface area contributed by atoms with Gasteiger partial charge in [0.25, 0.3) is 0 Å². The SMILES string of the molecule is Fc1ccc(C=C2CCN(c3nc4cc(Cl)ncc4nc3Cl)CC2)c(F)c1. The zero-order valence-corrected chi connectivity index (χ0v) is 15.6. The first-order chi connectivity index (χ1) is 13.0. The predicted molar refractivity (Wildman–Crippen MR) is 103 cm³/mol. The Hall–Kier alpha value is -2.31. The summed E-state index contributed by atoms with van der Waals surface area (Å²) in [5.74, 6) is -0.540. The van der Waals surface area contributed by atoms with E-state index >= 15 is 0 Å². The van der Waals surface area contributed by atoms with Crippen molar-refractivity contribution >= 4 is 46.1 Å². The van der Waals surface area contributed by atoms with Gasteiger partial charge in [-0.1, -0.05) is 34.9 Å². The maximum atomic E-state index is 13.8. The Morgan fingerprint density at radius 3 is 2.52 bits per heavy atom. The van der Waals surface area contributed by atoms with Crippen molar-refractivity contribution in [2.75, 3.05) is 18.0 Å². The second kappa shape index (κ2) is 7.37. The fourth-order valence-corrected chi connectivity index (χ4v) is 3.50. The lowest BCUT2D eigenvalue weighted by Gasteiger charge is -2.30. The number of hydrogen-bond donors (Lipinski definition) is 0. The molecule has 0 unspecified atom stereocenters. The molecule has 0 amide bonds. The lowest BCUT2D eigenvalue weighted by molar-refractivity contribution is 0.581. The van der Waals surface area contributed by atoms with E-state index in [0.717, 1.165) is 24.5 Å². The third-order valence-electron chi connectivity index (χ3n) is 4.49. The van der Waals surface area contributed by atoms with Crippen LogP contribution in [0.2, 0.25) is 10.3 Å². The number of benzene rings is 1. The Kier molecular flexibility index (Phi) is 4.93. The van der Waals surface area contributed by atoms with Gasteiger partial charge in [0.2, 0.25) is 0 Å². The topological polar surface area (TPSA) is 41.9 Å². The van der Waals surface area contributed by atoms with Gasteiger partial charge in [0.15, 0.2) is 11.0 Å². The molecule has 0 spiro atoms. The number of anilines is 1. The molecule has 27 heavy (non-hydrogen) atoms. The molecule has 2 aromatic heterocycles. The minimum Gasteiger partial charge on any atom is -0.353 e. The number of aromatic nitrogens is 3. The maximum Gasteiger partial charge on any atom is 0.172 e. The number of pyridine rings is 1. The second-order valence-electron chi connectivity index (χ2n) is 6.29. The molecular formula is C19H14Cl2F2N4. The number of hydrogen-bond acceptors (Lipinski definition) is 4. The lowest BCUT2D eigenvalue weighted by Crippen LogP contribution is -2.31. The molecule has 1 aromatic carbocycles. The minimum atomic E-state index is -0.579. The molecule has 4 rings (SSSR count). The van der Waals surface area contributed by atoms with Crippen LogP contribution in [0.4, 0.5) is 14.6 Å². The van der Waals surface area contributed by atoms with Crippen LogP contribution < -0.4 is 4.90 Å². The normalized spacial score (nSPS) is 14.7. The molecule has 138 valence electrons. The average Bonchev–Trinajstić information content (AvgIpc) is 2.64. The van der Waals surface area contributed by atoms with Crippen LogP contribution in [0.15, 0.2) is 36.0 Å². The third-order valence-corrected chi connectivity index (χ3v) is 4.95. The van der Waals surface area contributed by atoms with E-state index in [-0.39, 0.29) is 0 Å². The van der Waals surface area contributed by atoms with E-state index in [9.17, 15) is 8.78 Å². The molecule has 0 bridgehead atoms. The molecule has 3 aromatic rings. The van der Waals surface area contributed by atoms with Crippen molar-refractivity contribution in [3.8, 4) is 0 Å². The largest absolute Gasteiger partial charge is 0.353 e. The highest BCUT2D eigenvalue weighted by Gasteiger charge is 2.20. The van der Waals surface area contributed by atoms with Crippen molar-refractivity contribution in [1.29, 1.82) is 0 Å². The van der Waals surface area contributed by atoms with Crippen LogP contribution >= 0.6 is 23.2 Å². The van der Waals surface area contributed by atoms with Crippen molar-refractivity contribution < 1.29 is 8.78 Å². The van der Waals surface area contributed by atoms with E-state index in [2.05, 4.69) is 15.0 Å². The quantitative estimate of drug-likeness (QED) is 0.541. The number of nitrogens with zero attached hydrogens (tertiary/aromatic N) is 4. The molecule has 0 N–H and O–H groups in total. The summed E-state index contributed by atoms with van der Waals surface area (Å²) in [4.78, 5) is 14.9. The highest BCUT2D eigenvalue weighted by Crippen LogP contribution is 2.29. The first kappa shape index (κ1) is 18.1. The van der Waals surface area contributed by atoms with E-state index in [4.69, 9.17) is 23.2 Å². The highest BCUT2D eigenvalue weighted by atomic mass is 35.5. The minimum absolute atomic E-state index is 0.309. The van der Waals surface area contributed by atoms with E-state index in [1.165, 1.54) is 18.3 Å². The van der Waals surface area contributed by atoms with Crippen molar-refractivity contribution in [3.05, 3.63) is 63.5 Å². The van der Waals surface area contributed by atoms with Crippen LogP contribution in [0.5, 0.6) is 0 Å². The fraction of sp³-hybridized carbons (Fsp3) is 0.211. The van der Waals surface area contributed by atoms with Crippen molar-refractivity contribution in [1.82, 2.24) is 15.0 Å². The number of rotatable bonds is 2. The van der Waals surface area contributed by atoms with E-state index in [1.807, 2.05) is 4.90 Å². The molecule has 4 nitrogen and oxygen atoms in total. The summed E-state index contributed by atoms with van der Waals surface area (Å²) in [7, 11) is 0. The van der Waals surface area contributed by atoms with Crippen molar-refractivity contribution in [2.24, 2.45) is 0 Å². The van der Waals surface area contributed by atoms with E-state index in [1.54, 1.807) is 12.1 Å². The lowest BCUT2D eigenvalue weighted by atomic mass is 10.0. The first-order valence-corrected chi connectivity index (χ1v) is 9.13. The van der Waals surface area contributed by atoms with Gasteiger partial charge in [0, 0.05) is 30.8 Å². The van der Waals surface area contributed by atoms with E-state index < -0.39 is 11.6 Å². The molecule has 0 radical (unpaired) electrons. The average molecular weight is 407 g/mol. The van der Waals surface area contributed by atoms with Gasteiger partial charge in [-0.05, 0) is 25.0 Å². The van der Waals surface area contributed by atoms with Gasteiger partial charge in [0.05, 0.1) is 11.7 Å². The Morgan fingerprint density at radius 2 is 1.78 bits per heavy atom.